The average Bonchev–Trinajstić information content (AvgIpc) is 2.50. The second-order valence-electron chi connectivity index (χ2n) is 5.08. The Hall–Kier alpha value is -2.47. The van der Waals surface area contributed by atoms with Crippen LogP contribution >= 0.6 is 11.6 Å². The topological polar surface area (TPSA) is 66.8 Å². The van der Waals surface area contributed by atoms with Gasteiger partial charge in [-0.05, 0) is 24.6 Å². The first-order chi connectivity index (χ1) is 10.5. The van der Waals surface area contributed by atoms with Gasteiger partial charge in [0.05, 0.1) is 0 Å². The standard InChI is InChI=1S/C15H15ClN6/c1-9-4-5-10(8-11(9)16)19-14-12-13(18-7-6-17-12)20-15(21-14)22(2)3/h4-8H,1-3H3,(H,18,19,20,21). The van der Waals surface area contributed by atoms with Gasteiger partial charge in [-0.15, -0.1) is 0 Å². The van der Waals surface area contributed by atoms with Gasteiger partial charge in [0.15, 0.2) is 17.0 Å². The minimum atomic E-state index is 0.543. The molecule has 112 valence electrons. The lowest BCUT2D eigenvalue weighted by Crippen LogP contribution is -2.14. The fourth-order valence-corrected chi connectivity index (χ4v) is 2.13. The molecule has 22 heavy (non-hydrogen) atoms. The van der Waals surface area contributed by atoms with Crippen LogP contribution in [0.1, 0.15) is 5.56 Å². The third-order valence-electron chi connectivity index (χ3n) is 3.16. The Labute approximate surface area is 133 Å². The van der Waals surface area contributed by atoms with Gasteiger partial charge in [0, 0.05) is 37.2 Å². The van der Waals surface area contributed by atoms with E-state index in [1.165, 1.54) is 0 Å². The van der Waals surface area contributed by atoms with Crippen LogP contribution in [0.4, 0.5) is 17.5 Å². The van der Waals surface area contributed by atoms with Crippen LogP contribution in [0.25, 0.3) is 11.2 Å². The summed E-state index contributed by atoms with van der Waals surface area (Å²) < 4.78 is 0. The maximum absolute atomic E-state index is 6.17. The molecule has 7 heteroatoms. The quantitative estimate of drug-likeness (QED) is 0.801. The molecule has 0 amide bonds. The van der Waals surface area contributed by atoms with Crippen LogP contribution in [-0.2, 0) is 0 Å². The van der Waals surface area contributed by atoms with Crippen molar-refractivity contribution >= 4 is 40.2 Å². The van der Waals surface area contributed by atoms with Gasteiger partial charge in [-0.3, -0.25) is 0 Å². The Morgan fingerprint density at radius 1 is 1.09 bits per heavy atom. The zero-order valence-electron chi connectivity index (χ0n) is 12.5. The molecule has 1 aromatic carbocycles. The van der Waals surface area contributed by atoms with Crippen LogP contribution < -0.4 is 10.2 Å². The first-order valence-electron chi connectivity index (χ1n) is 6.74. The monoisotopic (exact) mass is 314 g/mol. The minimum Gasteiger partial charge on any atom is -0.347 e. The molecule has 0 atom stereocenters. The van der Waals surface area contributed by atoms with Crippen molar-refractivity contribution in [3.8, 4) is 0 Å². The lowest BCUT2D eigenvalue weighted by Gasteiger charge is -2.14. The summed E-state index contributed by atoms with van der Waals surface area (Å²) in [6, 6.07) is 5.75. The van der Waals surface area contributed by atoms with Crippen molar-refractivity contribution in [3.63, 3.8) is 0 Å². The molecule has 0 saturated carbocycles. The van der Waals surface area contributed by atoms with Crippen LogP contribution in [0.5, 0.6) is 0 Å². The maximum atomic E-state index is 6.17. The second kappa shape index (κ2) is 5.73. The molecule has 0 aliphatic heterocycles. The molecular weight excluding hydrogens is 300 g/mol. The van der Waals surface area contributed by atoms with E-state index in [0.29, 0.717) is 28.0 Å². The second-order valence-corrected chi connectivity index (χ2v) is 5.49. The molecule has 6 nitrogen and oxygen atoms in total. The van der Waals surface area contributed by atoms with Crippen molar-refractivity contribution in [1.82, 2.24) is 19.9 Å². The highest BCUT2D eigenvalue weighted by Gasteiger charge is 2.11. The van der Waals surface area contributed by atoms with Gasteiger partial charge in [-0.1, -0.05) is 17.7 Å². The van der Waals surface area contributed by atoms with Gasteiger partial charge in [0.2, 0.25) is 5.95 Å². The summed E-state index contributed by atoms with van der Waals surface area (Å²) in [6.07, 6.45) is 3.23. The SMILES string of the molecule is Cc1ccc(Nc2nc(N(C)C)nc3nccnc23)cc1Cl. The van der Waals surface area contributed by atoms with E-state index in [1.807, 2.05) is 44.1 Å². The first-order valence-corrected chi connectivity index (χ1v) is 7.11. The fraction of sp³-hybridized carbons (Fsp3) is 0.200. The van der Waals surface area contributed by atoms with E-state index in [2.05, 4.69) is 25.3 Å². The largest absolute Gasteiger partial charge is 0.347 e. The molecule has 3 rings (SSSR count). The number of aromatic nitrogens is 4. The lowest BCUT2D eigenvalue weighted by molar-refractivity contribution is 1.01. The van der Waals surface area contributed by atoms with Crippen LogP contribution in [-0.4, -0.2) is 34.0 Å². The average molecular weight is 315 g/mol. The van der Waals surface area contributed by atoms with E-state index < -0.39 is 0 Å². The molecule has 0 unspecified atom stereocenters. The van der Waals surface area contributed by atoms with E-state index in [9.17, 15) is 0 Å². The van der Waals surface area contributed by atoms with Crippen LogP contribution in [0.3, 0.4) is 0 Å². The highest BCUT2D eigenvalue weighted by molar-refractivity contribution is 6.31. The van der Waals surface area contributed by atoms with Crippen molar-refractivity contribution < 1.29 is 0 Å². The summed E-state index contributed by atoms with van der Waals surface area (Å²) in [7, 11) is 3.76. The molecule has 1 N–H and O–H groups in total. The summed E-state index contributed by atoms with van der Waals surface area (Å²) in [5.74, 6) is 1.16. The Bertz CT molecular complexity index is 833. The molecule has 0 aliphatic rings. The number of hydrogen-bond donors (Lipinski definition) is 1. The highest BCUT2D eigenvalue weighted by atomic mass is 35.5. The summed E-state index contributed by atoms with van der Waals surface area (Å²) in [4.78, 5) is 19.3. The third kappa shape index (κ3) is 2.78. The van der Waals surface area contributed by atoms with Crippen molar-refractivity contribution in [3.05, 3.63) is 41.2 Å². The number of aryl methyl sites for hydroxylation is 1. The van der Waals surface area contributed by atoms with Crippen molar-refractivity contribution in [1.29, 1.82) is 0 Å². The molecule has 0 aliphatic carbocycles. The number of rotatable bonds is 3. The smallest absolute Gasteiger partial charge is 0.228 e. The normalized spacial score (nSPS) is 10.7. The molecule has 2 heterocycles. The van der Waals surface area contributed by atoms with Crippen molar-refractivity contribution in [2.24, 2.45) is 0 Å². The number of benzene rings is 1. The van der Waals surface area contributed by atoms with Gasteiger partial charge in [-0.2, -0.15) is 9.97 Å². The molecule has 0 radical (unpaired) electrons. The lowest BCUT2D eigenvalue weighted by atomic mass is 10.2. The van der Waals surface area contributed by atoms with E-state index in [0.717, 1.165) is 11.3 Å². The van der Waals surface area contributed by atoms with Gasteiger partial charge in [0.1, 0.15) is 0 Å². The molecule has 3 aromatic rings. The predicted molar refractivity (Wildman–Crippen MR) is 88.9 cm³/mol. The van der Waals surface area contributed by atoms with E-state index in [-0.39, 0.29) is 0 Å². The number of nitrogens with zero attached hydrogens (tertiary/aromatic N) is 5. The number of nitrogens with one attached hydrogen (secondary N) is 1. The molecule has 0 bridgehead atoms. The molecule has 0 saturated heterocycles. The van der Waals surface area contributed by atoms with Gasteiger partial charge >= 0.3 is 0 Å². The van der Waals surface area contributed by atoms with E-state index >= 15 is 0 Å². The summed E-state index contributed by atoms with van der Waals surface area (Å²) in [6.45, 7) is 1.96. The van der Waals surface area contributed by atoms with Crippen molar-refractivity contribution in [2.45, 2.75) is 6.92 Å². The molecule has 2 aromatic heterocycles. The zero-order valence-corrected chi connectivity index (χ0v) is 13.3. The molecule has 0 spiro atoms. The number of fused-ring (bicyclic) bond motifs is 1. The Kier molecular flexibility index (Phi) is 3.77. The Balaban J connectivity index is 2.10. The van der Waals surface area contributed by atoms with E-state index in [4.69, 9.17) is 11.6 Å². The molecule has 0 fully saturated rings. The van der Waals surface area contributed by atoms with Gasteiger partial charge in [-0.25, -0.2) is 9.97 Å². The highest BCUT2D eigenvalue weighted by Crippen LogP contribution is 2.26. The third-order valence-corrected chi connectivity index (χ3v) is 3.56. The predicted octanol–water partition coefficient (Wildman–Crippen LogP) is 3.19. The Morgan fingerprint density at radius 3 is 2.59 bits per heavy atom. The van der Waals surface area contributed by atoms with E-state index in [1.54, 1.807) is 12.4 Å². The molecular formula is C15H15ClN6. The van der Waals surface area contributed by atoms with Gasteiger partial charge in [0.25, 0.3) is 0 Å². The van der Waals surface area contributed by atoms with Crippen LogP contribution in [0.2, 0.25) is 5.02 Å². The summed E-state index contributed by atoms with van der Waals surface area (Å²) >= 11 is 6.17. The van der Waals surface area contributed by atoms with Crippen LogP contribution in [0.15, 0.2) is 30.6 Å². The van der Waals surface area contributed by atoms with Crippen LogP contribution in [0, 0.1) is 6.92 Å². The minimum absolute atomic E-state index is 0.543. The van der Waals surface area contributed by atoms with Gasteiger partial charge < -0.3 is 10.2 Å². The number of halogens is 1. The fourth-order valence-electron chi connectivity index (χ4n) is 1.95. The summed E-state index contributed by atoms with van der Waals surface area (Å²) in [5, 5.41) is 3.94. The Morgan fingerprint density at radius 2 is 1.86 bits per heavy atom. The number of hydrogen-bond acceptors (Lipinski definition) is 6. The van der Waals surface area contributed by atoms with Crippen molar-refractivity contribution in [2.75, 3.05) is 24.3 Å². The first kappa shape index (κ1) is 14.5. The number of anilines is 3. The summed E-state index contributed by atoms with van der Waals surface area (Å²) in [5.41, 5.74) is 3.02. The maximum Gasteiger partial charge on any atom is 0.228 e. The zero-order chi connectivity index (χ0) is 15.7.